The number of hydrogen-bond acceptors (Lipinski definition) is 5. The second-order valence-electron chi connectivity index (χ2n) is 10.4. The summed E-state index contributed by atoms with van der Waals surface area (Å²) in [5, 5.41) is 10.3. The Labute approximate surface area is 228 Å². The molecule has 2 aromatic carbocycles. The molecule has 0 aliphatic carbocycles. The average Bonchev–Trinajstić information content (AvgIpc) is 3.06. The van der Waals surface area contributed by atoms with Gasteiger partial charge in [0.05, 0.1) is 5.69 Å². The zero-order valence-electron chi connectivity index (χ0n) is 21.8. The third kappa shape index (κ3) is 5.87. The highest BCUT2D eigenvalue weighted by molar-refractivity contribution is 6.30. The number of benzene rings is 2. The van der Waals surface area contributed by atoms with Gasteiger partial charge in [-0.15, -0.1) is 0 Å². The SMILES string of the molecule is CC(C)(Oc1ccc2c(c1)/C(=C/CCN1CCC(c3ccc(Cl)cc3)CC1)c1cccnc1CO2)C(=O)O. The zero-order valence-corrected chi connectivity index (χ0v) is 22.6. The molecule has 38 heavy (non-hydrogen) atoms. The first kappa shape index (κ1) is 26.3. The van der Waals surface area contributed by atoms with E-state index in [-0.39, 0.29) is 0 Å². The van der Waals surface area contributed by atoms with E-state index in [2.05, 4.69) is 34.2 Å². The van der Waals surface area contributed by atoms with Gasteiger partial charge in [-0.05, 0) is 99.7 Å². The lowest BCUT2D eigenvalue weighted by molar-refractivity contribution is -0.152. The van der Waals surface area contributed by atoms with Crippen LogP contribution in [0.5, 0.6) is 11.5 Å². The molecule has 1 aromatic heterocycles. The molecular formula is C31H33ClN2O4. The minimum atomic E-state index is -1.35. The molecule has 5 rings (SSSR count). The van der Waals surface area contributed by atoms with Gasteiger partial charge in [-0.2, -0.15) is 0 Å². The summed E-state index contributed by atoms with van der Waals surface area (Å²) in [6, 6.07) is 17.8. The Morgan fingerprint density at radius 1 is 1.16 bits per heavy atom. The number of carbonyl (C=O) groups is 1. The van der Waals surface area contributed by atoms with Gasteiger partial charge in [0.2, 0.25) is 0 Å². The van der Waals surface area contributed by atoms with Crippen LogP contribution >= 0.6 is 11.6 Å². The van der Waals surface area contributed by atoms with Crippen molar-refractivity contribution in [1.29, 1.82) is 0 Å². The quantitative estimate of drug-likeness (QED) is 0.371. The summed E-state index contributed by atoms with van der Waals surface area (Å²) in [6.45, 7) is 6.56. The molecule has 0 atom stereocenters. The third-order valence-electron chi connectivity index (χ3n) is 7.40. The number of halogens is 1. The number of likely N-dealkylation sites (tertiary alicyclic amines) is 1. The Bertz CT molecular complexity index is 1330. The number of aromatic nitrogens is 1. The van der Waals surface area contributed by atoms with Crippen molar-refractivity contribution >= 4 is 23.1 Å². The van der Waals surface area contributed by atoms with Crippen molar-refractivity contribution in [1.82, 2.24) is 9.88 Å². The van der Waals surface area contributed by atoms with Gasteiger partial charge >= 0.3 is 5.97 Å². The molecular weight excluding hydrogens is 500 g/mol. The number of piperidine rings is 1. The summed E-state index contributed by atoms with van der Waals surface area (Å²) in [5.74, 6) is 0.786. The number of hydrogen-bond donors (Lipinski definition) is 1. The molecule has 6 nitrogen and oxygen atoms in total. The van der Waals surface area contributed by atoms with Gasteiger partial charge < -0.3 is 19.5 Å². The maximum Gasteiger partial charge on any atom is 0.347 e. The Kier molecular flexibility index (Phi) is 7.73. The number of ether oxygens (including phenoxy) is 2. The van der Waals surface area contributed by atoms with Crippen molar-refractivity contribution in [2.24, 2.45) is 0 Å². The maximum absolute atomic E-state index is 11.6. The van der Waals surface area contributed by atoms with Crippen LogP contribution in [0.15, 0.2) is 66.9 Å². The molecule has 7 heteroatoms. The molecule has 0 spiro atoms. The molecule has 198 valence electrons. The van der Waals surface area contributed by atoms with E-state index >= 15 is 0 Å². The summed E-state index contributed by atoms with van der Waals surface area (Å²) in [4.78, 5) is 18.7. The Hall–Kier alpha value is -3.35. The summed E-state index contributed by atoms with van der Waals surface area (Å²) in [6.07, 6.45) is 7.19. The van der Waals surface area contributed by atoms with Crippen LogP contribution in [0.1, 0.15) is 61.4 Å². The monoisotopic (exact) mass is 532 g/mol. The summed E-state index contributed by atoms with van der Waals surface area (Å²) in [5.41, 5.74) is 3.86. The van der Waals surface area contributed by atoms with Gasteiger partial charge in [0.1, 0.15) is 18.1 Å². The highest BCUT2D eigenvalue weighted by Gasteiger charge is 2.30. The molecule has 0 amide bonds. The van der Waals surface area contributed by atoms with Crippen LogP contribution in [0, 0.1) is 0 Å². The second-order valence-corrected chi connectivity index (χ2v) is 10.9. The van der Waals surface area contributed by atoms with E-state index in [0.29, 0.717) is 18.3 Å². The van der Waals surface area contributed by atoms with Crippen LogP contribution in [0.3, 0.4) is 0 Å². The molecule has 0 saturated carbocycles. The molecule has 0 bridgehead atoms. The van der Waals surface area contributed by atoms with Gasteiger partial charge in [-0.25, -0.2) is 4.79 Å². The number of nitrogens with zero attached hydrogens (tertiary/aromatic N) is 2. The van der Waals surface area contributed by atoms with Crippen molar-refractivity contribution in [2.45, 2.75) is 51.2 Å². The minimum absolute atomic E-state index is 0.375. The Morgan fingerprint density at radius 2 is 1.92 bits per heavy atom. The Balaban J connectivity index is 1.33. The van der Waals surface area contributed by atoms with Gasteiger partial charge in [0, 0.05) is 28.9 Å². The lowest BCUT2D eigenvalue weighted by Crippen LogP contribution is -2.37. The van der Waals surface area contributed by atoms with Gasteiger partial charge in [0.25, 0.3) is 0 Å². The first-order valence-electron chi connectivity index (χ1n) is 13.1. The lowest BCUT2D eigenvalue weighted by Gasteiger charge is -2.32. The standard InChI is InChI=1S/C31H33ClN2O4/c1-31(2,30(35)36)38-24-11-12-29-27(19-24)25(26-5-3-15-33-28(26)20-37-29)6-4-16-34-17-13-22(14-18-34)21-7-9-23(32)10-8-21/h3,5-12,15,19,22H,4,13-14,16-18,20H2,1-2H3,(H,35,36)/b25-6+. The van der Waals surface area contributed by atoms with Crippen LogP contribution in [-0.2, 0) is 11.4 Å². The van der Waals surface area contributed by atoms with Crippen LogP contribution in [-0.4, -0.2) is 46.2 Å². The van der Waals surface area contributed by atoms with E-state index in [9.17, 15) is 9.90 Å². The first-order valence-corrected chi connectivity index (χ1v) is 13.5. The highest BCUT2D eigenvalue weighted by atomic mass is 35.5. The number of pyridine rings is 1. The van der Waals surface area contributed by atoms with Gasteiger partial charge in [-0.1, -0.05) is 35.9 Å². The summed E-state index contributed by atoms with van der Waals surface area (Å²) < 4.78 is 11.9. The molecule has 1 fully saturated rings. The number of rotatable bonds is 7. The topological polar surface area (TPSA) is 71.9 Å². The van der Waals surface area contributed by atoms with E-state index in [1.165, 1.54) is 5.56 Å². The van der Waals surface area contributed by atoms with E-state index in [0.717, 1.165) is 72.1 Å². The number of carboxylic acid groups (broad SMARTS) is 1. The van der Waals surface area contributed by atoms with Crippen LogP contribution in [0.25, 0.3) is 5.57 Å². The summed E-state index contributed by atoms with van der Waals surface area (Å²) >= 11 is 6.06. The van der Waals surface area contributed by atoms with E-state index in [1.54, 1.807) is 26.1 Å². The fraction of sp³-hybridized carbons (Fsp3) is 0.355. The van der Waals surface area contributed by atoms with E-state index < -0.39 is 11.6 Å². The second kappa shape index (κ2) is 11.2. The van der Waals surface area contributed by atoms with Crippen molar-refractivity contribution in [3.8, 4) is 11.5 Å². The van der Waals surface area contributed by atoms with Crippen molar-refractivity contribution in [3.63, 3.8) is 0 Å². The predicted octanol–water partition coefficient (Wildman–Crippen LogP) is 6.57. The normalized spacial score (nSPS) is 17.3. The first-order chi connectivity index (χ1) is 18.3. The van der Waals surface area contributed by atoms with Crippen molar-refractivity contribution in [2.75, 3.05) is 19.6 Å². The molecule has 3 heterocycles. The van der Waals surface area contributed by atoms with Gasteiger partial charge in [0.15, 0.2) is 5.60 Å². The van der Waals surface area contributed by atoms with Crippen LogP contribution < -0.4 is 9.47 Å². The fourth-order valence-electron chi connectivity index (χ4n) is 5.17. The van der Waals surface area contributed by atoms with E-state index in [1.807, 2.05) is 30.3 Å². The van der Waals surface area contributed by atoms with Gasteiger partial charge in [-0.3, -0.25) is 4.98 Å². The van der Waals surface area contributed by atoms with Crippen LogP contribution in [0.4, 0.5) is 0 Å². The number of carboxylic acids is 1. The fourth-order valence-corrected chi connectivity index (χ4v) is 5.30. The van der Waals surface area contributed by atoms with Crippen molar-refractivity contribution < 1.29 is 19.4 Å². The zero-order chi connectivity index (χ0) is 26.7. The predicted molar refractivity (Wildman–Crippen MR) is 149 cm³/mol. The number of fused-ring (bicyclic) bond motifs is 2. The summed E-state index contributed by atoms with van der Waals surface area (Å²) in [7, 11) is 0. The molecule has 2 aliphatic rings. The van der Waals surface area contributed by atoms with Crippen molar-refractivity contribution in [3.05, 3.63) is 94.3 Å². The largest absolute Gasteiger partial charge is 0.487 e. The maximum atomic E-state index is 11.6. The molecule has 0 radical (unpaired) electrons. The molecule has 3 aromatic rings. The average molecular weight is 533 g/mol. The van der Waals surface area contributed by atoms with Crippen LogP contribution in [0.2, 0.25) is 5.02 Å². The molecule has 1 N–H and O–H groups in total. The Morgan fingerprint density at radius 3 is 2.66 bits per heavy atom. The minimum Gasteiger partial charge on any atom is -0.487 e. The van der Waals surface area contributed by atoms with E-state index in [4.69, 9.17) is 21.1 Å². The molecule has 2 aliphatic heterocycles. The third-order valence-corrected chi connectivity index (χ3v) is 7.65. The smallest absolute Gasteiger partial charge is 0.347 e. The molecule has 1 saturated heterocycles. The number of aliphatic carboxylic acids is 1. The highest BCUT2D eigenvalue weighted by Crippen LogP contribution is 2.39. The lowest BCUT2D eigenvalue weighted by atomic mass is 9.89. The molecule has 0 unspecified atom stereocenters.